The molecule has 0 radical (unpaired) electrons. The van der Waals surface area contributed by atoms with Crippen molar-refractivity contribution in [3.63, 3.8) is 0 Å². The van der Waals surface area contributed by atoms with Gasteiger partial charge in [0, 0.05) is 19.3 Å². The molecule has 0 saturated carbocycles. The highest BCUT2D eigenvalue weighted by Gasteiger charge is 2.51. The number of hydrogen-bond acceptors (Lipinski definition) is 1. The van der Waals surface area contributed by atoms with Gasteiger partial charge in [0.05, 0.1) is 13.1 Å². The van der Waals surface area contributed by atoms with Crippen LogP contribution in [0.5, 0.6) is 0 Å². The number of quaternary nitrogens is 1. The van der Waals surface area contributed by atoms with E-state index in [-0.39, 0.29) is 5.66 Å². The molecule has 74 valence electrons. The zero-order valence-electron chi connectivity index (χ0n) is 8.38. The Bertz CT molecular complexity index is 217. The molecule has 2 aliphatic rings. The first-order valence-corrected chi connectivity index (χ1v) is 5.43. The maximum absolute atomic E-state index is 11.5. The number of nitrogens with two attached hydrogens (primary N) is 1. The molecule has 3 heteroatoms. The maximum atomic E-state index is 11.5. The van der Waals surface area contributed by atoms with E-state index >= 15 is 0 Å². The Morgan fingerprint density at radius 1 is 1.62 bits per heavy atom. The van der Waals surface area contributed by atoms with E-state index in [1.165, 1.54) is 19.3 Å². The molecule has 2 fully saturated rings. The number of rotatable bonds is 3. The van der Waals surface area contributed by atoms with Gasteiger partial charge in [0.15, 0.2) is 5.66 Å². The van der Waals surface area contributed by atoms with E-state index in [1.807, 2.05) is 0 Å². The third kappa shape index (κ3) is 1.35. The fourth-order valence-electron chi connectivity index (χ4n) is 2.71. The smallest absolute Gasteiger partial charge is 0.227 e. The van der Waals surface area contributed by atoms with Crippen molar-refractivity contribution >= 4 is 5.91 Å². The van der Waals surface area contributed by atoms with Crippen LogP contribution in [0.15, 0.2) is 0 Å². The van der Waals surface area contributed by atoms with Crippen LogP contribution in [0.3, 0.4) is 0 Å². The first-order valence-electron chi connectivity index (χ1n) is 5.43. The molecule has 0 aromatic heterocycles. The van der Waals surface area contributed by atoms with Crippen LogP contribution in [0.4, 0.5) is 0 Å². The molecule has 0 bridgehead atoms. The van der Waals surface area contributed by atoms with Gasteiger partial charge in [-0.3, -0.25) is 9.69 Å². The van der Waals surface area contributed by atoms with Gasteiger partial charge in [0.25, 0.3) is 0 Å². The second kappa shape index (κ2) is 3.29. The third-order valence-electron chi connectivity index (χ3n) is 3.45. The van der Waals surface area contributed by atoms with E-state index in [0.717, 1.165) is 25.9 Å². The molecule has 1 atom stereocenters. The first-order chi connectivity index (χ1) is 6.28. The lowest BCUT2D eigenvalue weighted by molar-refractivity contribution is -0.718. The summed E-state index contributed by atoms with van der Waals surface area (Å²) in [6.45, 7) is 4.30. The van der Waals surface area contributed by atoms with Crippen molar-refractivity contribution in [3.8, 4) is 0 Å². The summed E-state index contributed by atoms with van der Waals surface area (Å²) >= 11 is 0. The van der Waals surface area contributed by atoms with Crippen molar-refractivity contribution in [2.45, 2.75) is 44.7 Å². The number of carbonyl (C=O) groups excluding carboxylic acids is 1. The highest BCUT2D eigenvalue weighted by atomic mass is 16.2. The van der Waals surface area contributed by atoms with Gasteiger partial charge in [-0.05, 0) is 6.42 Å². The molecule has 2 saturated heterocycles. The predicted molar refractivity (Wildman–Crippen MR) is 50.0 cm³/mol. The molecule has 13 heavy (non-hydrogen) atoms. The van der Waals surface area contributed by atoms with Crippen LogP contribution in [-0.4, -0.2) is 29.6 Å². The Morgan fingerprint density at radius 2 is 2.46 bits per heavy atom. The minimum Gasteiger partial charge on any atom is -0.323 e. The van der Waals surface area contributed by atoms with Crippen LogP contribution >= 0.6 is 0 Å². The average Bonchev–Trinajstić information content (AvgIpc) is 2.65. The highest BCUT2D eigenvalue weighted by Crippen LogP contribution is 2.30. The monoisotopic (exact) mass is 183 g/mol. The van der Waals surface area contributed by atoms with E-state index in [0.29, 0.717) is 5.91 Å². The van der Waals surface area contributed by atoms with Crippen molar-refractivity contribution in [1.82, 2.24) is 4.90 Å². The second-order valence-electron chi connectivity index (χ2n) is 4.25. The fourth-order valence-corrected chi connectivity index (χ4v) is 2.71. The average molecular weight is 183 g/mol. The third-order valence-corrected chi connectivity index (χ3v) is 3.45. The Labute approximate surface area is 79.5 Å². The molecular formula is C10H19N2O+. The maximum Gasteiger partial charge on any atom is 0.227 e. The summed E-state index contributed by atoms with van der Waals surface area (Å²) in [7, 11) is 0. The minimum absolute atomic E-state index is 0.188. The van der Waals surface area contributed by atoms with Crippen molar-refractivity contribution in [2.75, 3.05) is 13.1 Å². The molecule has 3 nitrogen and oxygen atoms in total. The van der Waals surface area contributed by atoms with Crippen LogP contribution in [0, 0.1) is 0 Å². The highest BCUT2D eigenvalue weighted by molar-refractivity contribution is 5.79. The number of carbonyl (C=O) groups is 1. The number of nitrogens with zero attached hydrogens (tertiary/aromatic N) is 1. The summed E-state index contributed by atoms with van der Waals surface area (Å²) in [5.41, 5.74) is 0.188. The Morgan fingerprint density at radius 3 is 3.23 bits per heavy atom. The standard InChI is InChI=1S/C10H18N2O/c1-2-3-5-10-6-4-9(13)12(10)8-7-11-10/h11H,2-8H2,1H3/p+1/t10-/m1/s1. The molecular weight excluding hydrogens is 164 g/mol. The summed E-state index contributed by atoms with van der Waals surface area (Å²) in [4.78, 5) is 13.6. The van der Waals surface area contributed by atoms with Gasteiger partial charge in [-0.25, -0.2) is 0 Å². The SMILES string of the molecule is CCCC[C@]12CCC(=O)N1CC[NH2+]2. The van der Waals surface area contributed by atoms with Gasteiger partial charge in [-0.2, -0.15) is 0 Å². The van der Waals surface area contributed by atoms with Gasteiger partial charge >= 0.3 is 0 Å². The van der Waals surface area contributed by atoms with Crippen LogP contribution in [-0.2, 0) is 4.79 Å². The molecule has 2 rings (SSSR count). The van der Waals surface area contributed by atoms with Crippen LogP contribution in [0.2, 0.25) is 0 Å². The number of amides is 1. The lowest BCUT2D eigenvalue weighted by Crippen LogP contribution is -2.95. The van der Waals surface area contributed by atoms with E-state index in [1.54, 1.807) is 0 Å². The Kier molecular flexibility index (Phi) is 2.28. The van der Waals surface area contributed by atoms with E-state index in [9.17, 15) is 4.79 Å². The Balaban J connectivity index is 2.06. The van der Waals surface area contributed by atoms with E-state index in [2.05, 4.69) is 17.1 Å². The zero-order valence-corrected chi connectivity index (χ0v) is 8.38. The van der Waals surface area contributed by atoms with Crippen LogP contribution in [0.25, 0.3) is 0 Å². The molecule has 0 aliphatic carbocycles. The van der Waals surface area contributed by atoms with Gasteiger partial charge in [0.2, 0.25) is 5.91 Å². The summed E-state index contributed by atoms with van der Waals surface area (Å²) in [6, 6.07) is 0. The quantitative estimate of drug-likeness (QED) is 0.660. The lowest BCUT2D eigenvalue weighted by Gasteiger charge is -2.27. The molecule has 0 aromatic rings. The van der Waals surface area contributed by atoms with Crippen LogP contribution in [0.1, 0.15) is 39.0 Å². The van der Waals surface area contributed by atoms with Crippen molar-refractivity contribution in [3.05, 3.63) is 0 Å². The normalized spacial score (nSPS) is 32.7. The van der Waals surface area contributed by atoms with E-state index in [4.69, 9.17) is 0 Å². The fraction of sp³-hybridized carbons (Fsp3) is 0.900. The molecule has 2 heterocycles. The van der Waals surface area contributed by atoms with E-state index < -0.39 is 0 Å². The first kappa shape index (κ1) is 9.00. The number of hydrogen-bond donors (Lipinski definition) is 1. The minimum atomic E-state index is 0.188. The lowest BCUT2D eigenvalue weighted by atomic mass is 10.0. The summed E-state index contributed by atoms with van der Waals surface area (Å²) in [5, 5.41) is 2.38. The molecule has 0 spiro atoms. The van der Waals surface area contributed by atoms with Gasteiger partial charge in [-0.15, -0.1) is 0 Å². The van der Waals surface area contributed by atoms with Crippen molar-refractivity contribution in [1.29, 1.82) is 0 Å². The summed E-state index contributed by atoms with van der Waals surface area (Å²) < 4.78 is 0. The van der Waals surface area contributed by atoms with Crippen LogP contribution < -0.4 is 5.32 Å². The topological polar surface area (TPSA) is 36.9 Å². The van der Waals surface area contributed by atoms with Crippen molar-refractivity contribution in [2.24, 2.45) is 0 Å². The summed E-state index contributed by atoms with van der Waals surface area (Å²) in [5.74, 6) is 0.379. The second-order valence-corrected chi connectivity index (χ2v) is 4.25. The molecule has 0 aromatic carbocycles. The van der Waals surface area contributed by atoms with Gasteiger partial charge < -0.3 is 5.32 Å². The van der Waals surface area contributed by atoms with Gasteiger partial charge in [-0.1, -0.05) is 13.3 Å². The molecule has 2 aliphatic heterocycles. The molecule has 0 unspecified atom stereocenters. The van der Waals surface area contributed by atoms with Crippen molar-refractivity contribution < 1.29 is 10.1 Å². The Hall–Kier alpha value is -0.570. The zero-order chi connectivity index (χ0) is 9.31. The predicted octanol–water partition coefficient (Wildman–Crippen LogP) is 0.0723. The molecule has 2 N–H and O–H groups in total. The largest absolute Gasteiger partial charge is 0.323 e. The number of unbranched alkanes of at least 4 members (excludes halogenated alkanes) is 1. The summed E-state index contributed by atoms with van der Waals surface area (Å²) in [6.07, 6.45) is 5.53. The number of fused-ring (bicyclic) bond motifs is 1. The van der Waals surface area contributed by atoms with Gasteiger partial charge in [0.1, 0.15) is 0 Å². The molecule has 1 amide bonds.